The van der Waals surface area contributed by atoms with E-state index in [9.17, 15) is 4.79 Å². The fraction of sp³-hybridized carbons (Fsp3) is 0.611. The van der Waals surface area contributed by atoms with Crippen LogP contribution in [0.5, 0.6) is 0 Å². The van der Waals surface area contributed by atoms with Crippen LogP contribution in [0.3, 0.4) is 0 Å². The molecule has 0 spiro atoms. The number of carbonyl (C=O) groups is 1. The molecule has 1 N–H and O–H groups in total. The predicted octanol–water partition coefficient (Wildman–Crippen LogP) is 4.18. The number of fused-ring (bicyclic) bond motifs is 1. The highest BCUT2D eigenvalue weighted by atomic mass is 32.1. The Kier molecular flexibility index (Phi) is 4.67. The Bertz CT molecular complexity index is 737. The molecule has 124 valence electrons. The second-order valence-electron chi connectivity index (χ2n) is 6.66. The van der Waals surface area contributed by atoms with Gasteiger partial charge in [-0.1, -0.05) is 26.7 Å². The number of hydrogen-bond acceptors (Lipinski definition) is 4. The summed E-state index contributed by atoms with van der Waals surface area (Å²) in [5, 5.41) is 4.31. The van der Waals surface area contributed by atoms with Gasteiger partial charge in [0.1, 0.15) is 10.7 Å². The fourth-order valence-corrected chi connectivity index (χ4v) is 4.69. The molecule has 0 bridgehead atoms. The van der Waals surface area contributed by atoms with Gasteiger partial charge in [-0.05, 0) is 38.2 Å². The van der Waals surface area contributed by atoms with Crippen LogP contribution in [0.1, 0.15) is 66.3 Å². The lowest BCUT2D eigenvalue weighted by Crippen LogP contribution is -2.40. The Morgan fingerprint density at radius 1 is 1.26 bits per heavy atom. The highest BCUT2D eigenvalue weighted by molar-refractivity contribution is 7.20. The topological polar surface area (TPSA) is 54.9 Å². The molecule has 0 radical (unpaired) electrons. The van der Waals surface area contributed by atoms with Crippen LogP contribution in [-0.4, -0.2) is 21.9 Å². The summed E-state index contributed by atoms with van der Waals surface area (Å²) in [5.41, 5.74) is 2.00. The van der Waals surface area contributed by atoms with Crippen molar-refractivity contribution < 1.29 is 4.79 Å². The number of thiophene rings is 1. The lowest BCUT2D eigenvalue weighted by molar-refractivity contribution is 0.0914. The zero-order valence-corrected chi connectivity index (χ0v) is 15.2. The van der Waals surface area contributed by atoms with Crippen molar-refractivity contribution in [1.82, 2.24) is 15.3 Å². The van der Waals surface area contributed by atoms with E-state index in [1.54, 1.807) is 0 Å². The van der Waals surface area contributed by atoms with Crippen molar-refractivity contribution in [2.45, 2.75) is 65.8 Å². The summed E-state index contributed by atoms with van der Waals surface area (Å²) in [4.78, 5) is 23.7. The second-order valence-corrected chi connectivity index (χ2v) is 7.66. The van der Waals surface area contributed by atoms with Crippen LogP contribution in [0.25, 0.3) is 10.2 Å². The third-order valence-corrected chi connectivity index (χ3v) is 6.15. The van der Waals surface area contributed by atoms with Crippen LogP contribution in [0.2, 0.25) is 0 Å². The van der Waals surface area contributed by atoms with E-state index in [2.05, 4.69) is 29.1 Å². The van der Waals surface area contributed by atoms with Gasteiger partial charge in [-0.2, -0.15) is 0 Å². The predicted molar refractivity (Wildman–Crippen MR) is 95.2 cm³/mol. The lowest BCUT2D eigenvalue weighted by atomic mass is 9.86. The van der Waals surface area contributed by atoms with E-state index in [1.165, 1.54) is 30.6 Å². The summed E-state index contributed by atoms with van der Waals surface area (Å²) in [6.45, 7) is 8.32. The van der Waals surface area contributed by atoms with Crippen LogP contribution in [0.15, 0.2) is 0 Å². The Morgan fingerprint density at radius 3 is 2.70 bits per heavy atom. The second kappa shape index (κ2) is 6.56. The molecule has 4 nitrogen and oxygen atoms in total. The van der Waals surface area contributed by atoms with Crippen LogP contribution >= 0.6 is 11.3 Å². The van der Waals surface area contributed by atoms with Crippen LogP contribution in [0.4, 0.5) is 0 Å². The van der Waals surface area contributed by atoms with Crippen molar-refractivity contribution >= 4 is 27.5 Å². The summed E-state index contributed by atoms with van der Waals surface area (Å²) >= 11 is 1.50. The molecule has 1 saturated carbocycles. The molecule has 0 saturated heterocycles. The van der Waals surface area contributed by atoms with Crippen molar-refractivity contribution in [2.24, 2.45) is 5.92 Å². The number of nitrogens with zero attached hydrogens (tertiary/aromatic N) is 2. The van der Waals surface area contributed by atoms with Crippen molar-refractivity contribution in [2.75, 3.05) is 0 Å². The van der Waals surface area contributed by atoms with Gasteiger partial charge in [0.25, 0.3) is 5.91 Å². The van der Waals surface area contributed by atoms with Gasteiger partial charge in [-0.25, -0.2) is 9.97 Å². The van der Waals surface area contributed by atoms with Crippen LogP contribution in [-0.2, 0) is 6.42 Å². The molecule has 5 heteroatoms. The van der Waals surface area contributed by atoms with Gasteiger partial charge in [0.2, 0.25) is 0 Å². The normalized spacial score (nSPS) is 21.6. The smallest absolute Gasteiger partial charge is 0.261 e. The first kappa shape index (κ1) is 16.4. The number of carbonyl (C=O) groups excluding carboxylic acids is 1. The summed E-state index contributed by atoms with van der Waals surface area (Å²) in [5.74, 6) is 1.47. The molecule has 1 fully saturated rings. The van der Waals surface area contributed by atoms with Gasteiger partial charge >= 0.3 is 0 Å². The standard InChI is InChI=1S/C18H25N3OS/c1-5-14-19-12(4)15-11(3)16(23-18(15)21-14)17(22)20-13-9-7-6-8-10(13)2/h10,13H,5-9H2,1-4H3,(H,20,22). The van der Waals surface area contributed by atoms with Gasteiger partial charge in [0.05, 0.1) is 4.88 Å². The van der Waals surface area contributed by atoms with E-state index in [4.69, 9.17) is 0 Å². The van der Waals surface area contributed by atoms with Gasteiger partial charge in [-0.15, -0.1) is 11.3 Å². The molecule has 1 amide bonds. The van der Waals surface area contributed by atoms with Crippen molar-refractivity contribution in [1.29, 1.82) is 0 Å². The minimum absolute atomic E-state index is 0.0571. The molecule has 0 aliphatic heterocycles. The monoisotopic (exact) mass is 331 g/mol. The number of rotatable bonds is 3. The summed E-state index contributed by atoms with van der Waals surface area (Å²) < 4.78 is 0. The van der Waals surface area contributed by atoms with E-state index in [0.717, 1.165) is 45.0 Å². The molecule has 1 aliphatic carbocycles. The summed E-state index contributed by atoms with van der Waals surface area (Å²) in [6.07, 6.45) is 5.61. The molecule has 23 heavy (non-hydrogen) atoms. The molecule has 2 unspecified atom stereocenters. The molecule has 2 heterocycles. The van der Waals surface area contributed by atoms with E-state index in [1.807, 2.05) is 13.8 Å². The zero-order valence-electron chi connectivity index (χ0n) is 14.4. The van der Waals surface area contributed by atoms with Crippen molar-refractivity contribution in [3.05, 3.63) is 22.0 Å². The molecule has 3 rings (SSSR count). The quantitative estimate of drug-likeness (QED) is 0.918. The minimum atomic E-state index is 0.0571. The first-order valence-electron chi connectivity index (χ1n) is 8.58. The van der Waals surface area contributed by atoms with Gasteiger partial charge in [0, 0.05) is 23.5 Å². The Labute approximate surface area is 141 Å². The lowest BCUT2D eigenvalue weighted by Gasteiger charge is -2.29. The van der Waals surface area contributed by atoms with Gasteiger partial charge < -0.3 is 5.32 Å². The zero-order chi connectivity index (χ0) is 16.6. The third-order valence-electron chi connectivity index (χ3n) is 4.97. The average Bonchev–Trinajstić information content (AvgIpc) is 2.87. The number of nitrogens with one attached hydrogen (secondary N) is 1. The largest absolute Gasteiger partial charge is 0.348 e. The highest BCUT2D eigenvalue weighted by Gasteiger charge is 2.25. The fourth-order valence-electron chi connectivity index (χ4n) is 3.53. The third kappa shape index (κ3) is 3.11. The maximum Gasteiger partial charge on any atom is 0.261 e. The Morgan fingerprint density at radius 2 is 2.00 bits per heavy atom. The van der Waals surface area contributed by atoms with Crippen LogP contribution in [0, 0.1) is 19.8 Å². The van der Waals surface area contributed by atoms with Crippen LogP contribution < -0.4 is 5.32 Å². The van der Waals surface area contributed by atoms with E-state index < -0.39 is 0 Å². The minimum Gasteiger partial charge on any atom is -0.348 e. The maximum absolute atomic E-state index is 12.8. The number of amides is 1. The Hall–Kier alpha value is -1.49. The van der Waals surface area contributed by atoms with E-state index in [0.29, 0.717) is 12.0 Å². The molecule has 2 atom stereocenters. The first-order valence-corrected chi connectivity index (χ1v) is 9.40. The van der Waals surface area contributed by atoms with Gasteiger partial charge in [0.15, 0.2) is 0 Å². The molecular formula is C18H25N3OS. The van der Waals surface area contributed by atoms with Crippen molar-refractivity contribution in [3.63, 3.8) is 0 Å². The van der Waals surface area contributed by atoms with E-state index in [-0.39, 0.29) is 5.91 Å². The first-order chi connectivity index (χ1) is 11.0. The SMILES string of the molecule is CCc1nc(C)c2c(C)c(C(=O)NC3CCCCC3C)sc2n1. The molecule has 2 aromatic heterocycles. The molecule has 2 aromatic rings. The molecule has 1 aliphatic rings. The number of aryl methyl sites for hydroxylation is 3. The van der Waals surface area contributed by atoms with Crippen molar-refractivity contribution in [3.8, 4) is 0 Å². The Balaban J connectivity index is 1.91. The molecule has 0 aromatic carbocycles. The molecular weight excluding hydrogens is 306 g/mol. The summed E-state index contributed by atoms with van der Waals surface area (Å²) in [7, 11) is 0. The maximum atomic E-state index is 12.8. The van der Waals surface area contributed by atoms with Gasteiger partial charge in [-0.3, -0.25) is 4.79 Å². The number of aromatic nitrogens is 2. The van der Waals surface area contributed by atoms with E-state index >= 15 is 0 Å². The highest BCUT2D eigenvalue weighted by Crippen LogP contribution is 2.32. The average molecular weight is 331 g/mol. The number of hydrogen-bond donors (Lipinski definition) is 1. The summed E-state index contributed by atoms with van der Waals surface area (Å²) in [6, 6.07) is 0.305.